The van der Waals surface area contributed by atoms with E-state index < -0.39 is 32.1 Å². The maximum atomic E-state index is 11.5. The van der Waals surface area contributed by atoms with Crippen LogP contribution in [-0.4, -0.2) is 36.3 Å². The van der Waals surface area contributed by atoms with Crippen LogP contribution in [0, 0.1) is 0 Å². The van der Waals surface area contributed by atoms with Gasteiger partial charge in [0, 0.05) is 25.0 Å². The van der Waals surface area contributed by atoms with Crippen molar-refractivity contribution in [2.24, 2.45) is 0 Å². The molecule has 0 saturated carbocycles. The van der Waals surface area contributed by atoms with E-state index in [1.54, 1.807) is 0 Å². The average molecular weight is 326 g/mol. The zero-order valence-corrected chi connectivity index (χ0v) is 12.3. The quantitative estimate of drug-likeness (QED) is 0.397. The molecule has 1 rings (SSSR count). The molecule has 0 fully saturated rings. The number of aromatic nitrogens is 2. The Morgan fingerprint density at radius 2 is 1.80 bits per heavy atom. The van der Waals surface area contributed by atoms with Gasteiger partial charge in [0.2, 0.25) is 7.37 Å². The van der Waals surface area contributed by atoms with Crippen molar-refractivity contribution in [2.45, 2.75) is 19.4 Å². The fourth-order valence-electron chi connectivity index (χ4n) is 1.62. The van der Waals surface area contributed by atoms with E-state index in [-0.39, 0.29) is 19.1 Å². The van der Waals surface area contributed by atoms with Crippen molar-refractivity contribution < 1.29 is 23.8 Å². The standard InChI is InChI=1S/C9H16N2O7P2/c12-8-3-5-11(9(13)10-8)4-1-2-6-19(14,15)7-20(16,17)18/h3,5H,1-2,4,6-7H2,(H,14,15)(H,10,12,13)(H2,16,17,18). The first-order valence-corrected chi connectivity index (χ1v) is 9.57. The van der Waals surface area contributed by atoms with Crippen LogP contribution in [0.5, 0.6) is 0 Å². The maximum absolute atomic E-state index is 11.5. The van der Waals surface area contributed by atoms with Gasteiger partial charge in [-0.2, -0.15) is 0 Å². The second kappa shape index (κ2) is 6.65. The van der Waals surface area contributed by atoms with Gasteiger partial charge in [0.1, 0.15) is 5.90 Å². The molecule has 114 valence electrons. The third-order valence-electron chi connectivity index (χ3n) is 2.46. The summed E-state index contributed by atoms with van der Waals surface area (Å²) in [6, 6.07) is 1.19. The van der Waals surface area contributed by atoms with Gasteiger partial charge in [-0.1, -0.05) is 0 Å². The molecule has 1 aromatic rings. The molecule has 0 aliphatic heterocycles. The van der Waals surface area contributed by atoms with E-state index in [2.05, 4.69) is 4.98 Å². The summed E-state index contributed by atoms with van der Waals surface area (Å²) >= 11 is 0. The summed E-state index contributed by atoms with van der Waals surface area (Å²) in [7, 11) is -8.38. The minimum absolute atomic E-state index is 0.226. The zero-order chi connectivity index (χ0) is 15.4. The van der Waals surface area contributed by atoms with E-state index in [0.29, 0.717) is 6.42 Å². The summed E-state index contributed by atoms with van der Waals surface area (Å²) < 4.78 is 23.4. The van der Waals surface area contributed by atoms with Crippen LogP contribution < -0.4 is 11.2 Å². The summed E-state index contributed by atoms with van der Waals surface area (Å²) in [5.74, 6) is -1.03. The molecule has 0 amide bonds. The molecule has 9 nitrogen and oxygen atoms in total. The number of rotatable bonds is 7. The van der Waals surface area contributed by atoms with E-state index in [4.69, 9.17) is 9.79 Å². The summed E-state index contributed by atoms with van der Waals surface area (Å²) in [5.41, 5.74) is -1.08. The van der Waals surface area contributed by atoms with Gasteiger partial charge < -0.3 is 19.2 Å². The predicted octanol–water partition coefficient (Wildman–Crippen LogP) is -0.278. The van der Waals surface area contributed by atoms with Gasteiger partial charge in [-0.3, -0.25) is 18.9 Å². The van der Waals surface area contributed by atoms with Crippen molar-refractivity contribution in [3.05, 3.63) is 33.1 Å². The van der Waals surface area contributed by atoms with E-state index in [1.165, 1.54) is 16.8 Å². The number of aryl methyl sites for hydroxylation is 1. The molecule has 20 heavy (non-hydrogen) atoms. The third-order valence-corrected chi connectivity index (χ3v) is 6.72. The molecule has 1 atom stereocenters. The molecule has 11 heteroatoms. The molecule has 4 N–H and O–H groups in total. The maximum Gasteiger partial charge on any atom is 0.335 e. The van der Waals surface area contributed by atoms with Crippen molar-refractivity contribution in [3.8, 4) is 0 Å². The lowest BCUT2D eigenvalue weighted by Crippen LogP contribution is -2.28. The topological polar surface area (TPSA) is 150 Å². The van der Waals surface area contributed by atoms with E-state index in [1.807, 2.05) is 0 Å². The molecule has 0 aliphatic rings. The van der Waals surface area contributed by atoms with Crippen molar-refractivity contribution in [1.29, 1.82) is 0 Å². The Labute approximate surface area is 113 Å². The minimum atomic E-state index is -4.52. The highest BCUT2D eigenvalue weighted by atomic mass is 31.2. The fourth-order valence-corrected chi connectivity index (χ4v) is 5.21. The zero-order valence-electron chi connectivity index (χ0n) is 10.5. The molecular formula is C9H16N2O7P2. The van der Waals surface area contributed by atoms with Crippen LogP contribution >= 0.6 is 15.0 Å². The normalized spacial score (nSPS) is 14.9. The number of aromatic amines is 1. The van der Waals surface area contributed by atoms with Crippen LogP contribution in [0.2, 0.25) is 0 Å². The van der Waals surface area contributed by atoms with Gasteiger partial charge in [0.05, 0.1) is 0 Å². The van der Waals surface area contributed by atoms with Gasteiger partial charge in [-0.05, 0) is 12.8 Å². The molecule has 0 aliphatic carbocycles. The highest BCUT2D eigenvalue weighted by Crippen LogP contribution is 2.54. The fraction of sp³-hybridized carbons (Fsp3) is 0.556. The first-order chi connectivity index (χ1) is 9.09. The summed E-state index contributed by atoms with van der Waals surface area (Å²) in [6.45, 7) is 0.242. The number of hydrogen-bond acceptors (Lipinski definition) is 4. The lowest BCUT2D eigenvalue weighted by molar-refractivity contribution is 0.375. The van der Waals surface area contributed by atoms with Crippen molar-refractivity contribution in [2.75, 3.05) is 12.1 Å². The summed E-state index contributed by atoms with van der Waals surface area (Å²) in [5, 5.41) is 0. The minimum Gasteiger partial charge on any atom is -0.344 e. The number of nitrogens with zero attached hydrogens (tertiary/aromatic N) is 1. The van der Waals surface area contributed by atoms with E-state index in [9.17, 15) is 23.6 Å². The lowest BCUT2D eigenvalue weighted by atomic mass is 10.3. The van der Waals surface area contributed by atoms with Crippen LogP contribution in [-0.2, 0) is 15.7 Å². The number of unbranched alkanes of at least 4 members (excludes halogenated alkanes) is 1. The number of H-pyrrole nitrogens is 1. The van der Waals surface area contributed by atoms with Crippen molar-refractivity contribution >= 4 is 15.0 Å². The van der Waals surface area contributed by atoms with Gasteiger partial charge in [-0.15, -0.1) is 0 Å². The second-order valence-corrected chi connectivity index (χ2v) is 8.99. The highest BCUT2D eigenvalue weighted by molar-refractivity contribution is 7.72. The Hall–Kier alpha value is -0.980. The van der Waals surface area contributed by atoms with Crippen LogP contribution in [0.1, 0.15) is 12.8 Å². The Kier molecular flexibility index (Phi) is 5.68. The lowest BCUT2D eigenvalue weighted by Gasteiger charge is -2.12. The molecule has 0 spiro atoms. The molecule has 1 heterocycles. The SMILES string of the molecule is O=c1ccn(CCCCP(=O)(O)CP(=O)(O)O)c(=O)[nH]1. The summed E-state index contributed by atoms with van der Waals surface area (Å²) in [6.07, 6.45) is 1.70. The highest BCUT2D eigenvalue weighted by Gasteiger charge is 2.28. The largest absolute Gasteiger partial charge is 0.344 e. The van der Waals surface area contributed by atoms with Crippen LogP contribution in [0.15, 0.2) is 21.9 Å². The molecule has 0 aromatic carbocycles. The predicted molar refractivity (Wildman–Crippen MR) is 72.2 cm³/mol. The van der Waals surface area contributed by atoms with Crippen molar-refractivity contribution in [1.82, 2.24) is 9.55 Å². The van der Waals surface area contributed by atoms with Gasteiger partial charge in [0.25, 0.3) is 5.56 Å². The smallest absolute Gasteiger partial charge is 0.335 e. The Morgan fingerprint density at radius 1 is 1.15 bits per heavy atom. The van der Waals surface area contributed by atoms with Crippen LogP contribution in [0.25, 0.3) is 0 Å². The first kappa shape index (κ1) is 17.1. The monoisotopic (exact) mass is 326 g/mol. The second-order valence-electron chi connectivity index (χ2n) is 4.39. The average Bonchev–Trinajstić information content (AvgIpc) is 2.23. The Bertz CT molecular complexity index is 659. The van der Waals surface area contributed by atoms with Crippen molar-refractivity contribution in [3.63, 3.8) is 0 Å². The molecule has 1 unspecified atom stereocenters. The third kappa shape index (κ3) is 6.45. The molecule has 1 aromatic heterocycles. The number of nitrogens with one attached hydrogen (secondary N) is 1. The van der Waals surface area contributed by atoms with Crippen LogP contribution in [0.3, 0.4) is 0 Å². The Balaban J connectivity index is 2.46. The van der Waals surface area contributed by atoms with Crippen LogP contribution in [0.4, 0.5) is 0 Å². The van der Waals surface area contributed by atoms with E-state index in [0.717, 1.165) is 0 Å². The van der Waals surface area contributed by atoms with Gasteiger partial charge in [-0.25, -0.2) is 4.79 Å². The van der Waals surface area contributed by atoms with Gasteiger partial charge in [0.15, 0.2) is 0 Å². The van der Waals surface area contributed by atoms with Gasteiger partial charge >= 0.3 is 13.3 Å². The molecule has 0 radical (unpaired) electrons. The molecular weight excluding hydrogens is 310 g/mol. The summed E-state index contributed by atoms with van der Waals surface area (Å²) in [4.78, 5) is 50.9. The van der Waals surface area contributed by atoms with E-state index >= 15 is 0 Å². The number of hydrogen-bond donors (Lipinski definition) is 4. The molecule has 0 bridgehead atoms. The first-order valence-electron chi connectivity index (χ1n) is 5.74. The molecule has 0 saturated heterocycles. The Morgan fingerprint density at radius 3 is 2.35 bits per heavy atom.